The van der Waals surface area contributed by atoms with E-state index >= 15 is 0 Å². The number of hydrogen-bond acceptors (Lipinski definition) is 3. The highest BCUT2D eigenvalue weighted by molar-refractivity contribution is 7.46. The van der Waals surface area contributed by atoms with Crippen LogP contribution in [0.25, 0.3) is 0 Å². The summed E-state index contributed by atoms with van der Waals surface area (Å²) >= 11 is 0. The maximum Gasteiger partial charge on any atom is 0.524 e. The third kappa shape index (κ3) is 8.26. The van der Waals surface area contributed by atoms with Gasteiger partial charge in [-0.2, -0.15) is 0 Å². The molecule has 0 radical (unpaired) electrons. The molecule has 1 amide bonds. The van der Waals surface area contributed by atoms with Gasteiger partial charge in [0.05, 0.1) is 0 Å². The van der Waals surface area contributed by atoms with Crippen molar-refractivity contribution < 1.29 is 23.7 Å². The zero-order chi connectivity index (χ0) is 20.4. The van der Waals surface area contributed by atoms with Crippen LogP contribution in [-0.2, 0) is 11.0 Å². The smallest absolute Gasteiger partial charge is 0.404 e. The van der Waals surface area contributed by atoms with Gasteiger partial charge in [-0.1, -0.05) is 57.2 Å². The van der Waals surface area contributed by atoms with Crippen LogP contribution >= 0.6 is 7.82 Å². The molecule has 2 aromatic carbocycles. The molecular weight excluding hydrogens is 377 g/mol. The van der Waals surface area contributed by atoms with Crippen molar-refractivity contribution in [2.24, 2.45) is 0 Å². The Labute approximate surface area is 166 Å². The summed E-state index contributed by atoms with van der Waals surface area (Å²) in [5.41, 5.74) is 2.13. The average molecular weight is 405 g/mol. The molecule has 152 valence electrons. The van der Waals surface area contributed by atoms with Gasteiger partial charge in [-0.15, -0.1) is 0 Å². The van der Waals surface area contributed by atoms with Crippen LogP contribution in [0.15, 0.2) is 48.5 Å². The summed E-state index contributed by atoms with van der Waals surface area (Å²) in [7, 11) is -4.64. The lowest BCUT2D eigenvalue weighted by Crippen LogP contribution is -2.11. The molecule has 28 heavy (non-hydrogen) atoms. The number of unbranched alkanes of at least 4 members (excludes halogenated alkanes) is 5. The van der Waals surface area contributed by atoms with Crippen molar-refractivity contribution in [1.29, 1.82) is 0 Å². The summed E-state index contributed by atoms with van der Waals surface area (Å²) in [6.07, 6.45) is 8.53. The number of phosphoric ester groups is 1. The number of anilines is 1. The molecule has 2 rings (SSSR count). The average Bonchev–Trinajstić information content (AvgIpc) is 2.64. The van der Waals surface area contributed by atoms with Crippen LogP contribution in [0.5, 0.6) is 5.75 Å². The zero-order valence-corrected chi connectivity index (χ0v) is 17.0. The third-order valence-corrected chi connectivity index (χ3v) is 4.80. The molecular formula is C21H28NO5P. The minimum absolute atomic E-state index is 0.0135. The van der Waals surface area contributed by atoms with Gasteiger partial charge in [0.15, 0.2) is 0 Å². The van der Waals surface area contributed by atoms with Gasteiger partial charge in [0.25, 0.3) is 5.91 Å². The second-order valence-electron chi connectivity index (χ2n) is 6.78. The maximum absolute atomic E-state index is 12.4. The molecule has 0 saturated carbocycles. The van der Waals surface area contributed by atoms with Gasteiger partial charge in [0.1, 0.15) is 5.75 Å². The van der Waals surface area contributed by atoms with Gasteiger partial charge in [0.2, 0.25) is 0 Å². The van der Waals surface area contributed by atoms with Crippen molar-refractivity contribution in [1.82, 2.24) is 0 Å². The number of amides is 1. The summed E-state index contributed by atoms with van der Waals surface area (Å²) in [4.78, 5) is 30.1. The Bertz CT molecular complexity index is 801. The Morgan fingerprint density at radius 3 is 2.36 bits per heavy atom. The normalized spacial score (nSPS) is 11.2. The monoisotopic (exact) mass is 405 g/mol. The first kappa shape index (κ1) is 22.2. The van der Waals surface area contributed by atoms with Gasteiger partial charge >= 0.3 is 7.82 Å². The molecule has 6 nitrogen and oxygen atoms in total. The number of phosphoric acid groups is 1. The van der Waals surface area contributed by atoms with E-state index in [1.54, 1.807) is 24.3 Å². The quantitative estimate of drug-likeness (QED) is 0.348. The van der Waals surface area contributed by atoms with E-state index in [9.17, 15) is 9.36 Å². The molecule has 7 heteroatoms. The van der Waals surface area contributed by atoms with Gasteiger partial charge in [-0.25, -0.2) is 4.57 Å². The van der Waals surface area contributed by atoms with Crippen LogP contribution in [0, 0.1) is 0 Å². The van der Waals surface area contributed by atoms with Crippen LogP contribution in [0.4, 0.5) is 5.69 Å². The number of benzene rings is 2. The Morgan fingerprint density at radius 1 is 1.00 bits per heavy atom. The summed E-state index contributed by atoms with van der Waals surface area (Å²) in [5.74, 6) is -0.306. The summed E-state index contributed by atoms with van der Waals surface area (Å²) in [5, 5.41) is 2.70. The number of hydrogen-bond donors (Lipinski definition) is 3. The van der Waals surface area contributed by atoms with E-state index < -0.39 is 7.82 Å². The van der Waals surface area contributed by atoms with Crippen LogP contribution in [0.1, 0.15) is 61.4 Å². The summed E-state index contributed by atoms with van der Waals surface area (Å²) in [6.45, 7) is 2.21. The molecule has 0 heterocycles. The van der Waals surface area contributed by atoms with E-state index in [1.807, 2.05) is 12.1 Å². The van der Waals surface area contributed by atoms with Gasteiger partial charge in [0, 0.05) is 17.3 Å². The number of rotatable bonds is 11. The molecule has 0 aliphatic heterocycles. The van der Waals surface area contributed by atoms with Crippen molar-refractivity contribution >= 4 is 19.4 Å². The summed E-state index contributed by atoms with van der Waals surface area (Å²) < 4.78 is 15.4. The molecule has 0 atom stereocenters. The second kappa shape index (κ2) is 11.0. The minimum Gasteiger partial charge on any atom is -0.404 e. The Hall–Kier alpha value is -2.14. The molecule has 0 saturated heterocycles. The zero-order valence-electron chi connectivity index (χ0n) is 16.1. The van der Waals surface area contributed by atoms with Gasteiger partial charge in [-0.05, 0) is 42.7 Å². The van der Waals surface area contributed by atoms with Gasteiger partial charge < -0.3 is 9.84 Å². The van der Waals surface area contributed by atoms with Crippen LogP contribution in [0.3, 0.4) is 0 Å². The lowest BCUT2D eigenvalue weighted by molar-refractivity contribution is 0.102. The van der Waals surface area contributed by atoms with E-state index in [1.165, 1.54) is 49.8 Å². The number of nitrogens with one attached hydrogen (secondary N) is 1. The highest BCUT2D eigenvalue weighted by atomic mass is 31.2. The van der Waals surface area contributed by atoms with Crippen molar-refractivity contribution in [3.05, 3.63) is 59.7 Å². The lowest BCUT2D eigenvalue weighted by Gasteiger charge is -2.10. The van der Waals surface area contributed by atoms with E-state index in [4.69, 9.17) is 9.79 Å². The Morgan fingerprint density at radius 2 is 1.68 bits per heavy atom. The molecule has 0 unspecified atom stereocenters. The van der Waals surface area contributed by atoms with Crippen LogP contribution in [-0.4, -0.2) is 15.7 Å². The molecule has 0 spiro atoms. The standard InChI is InChI=1S/C21H28NO5P/c1-2-3-4-5-6-7-9-17-12-14-18(15-13-17)21(23)22-19-10-8-11-20(16-19)27-28(24,25)26/h8,10-16H,2-7,9H2,1H3,(H,22,23)(H2,24,25,26). The highest BCUT2D eigenvalue weighted by Crippen LogP contribution is 2.38. The van der Waals surface area contributed by atoms with E-state index in [-0.39, 0.29) is 11.7 Å². The third-order valence-electron chi connectivity index (χ3n) is 4.35. The van der Waals surface area contributed by atoms with Crippen LogP contribution in [0.2, 0.25) is 0 Å². The van der Waals surface area contributed by atoms with Crippen molar-refractivity contribution in [2.75, 3.05) is 5.32 Å². The molecule has 3 N–H and O–H groups in total. The molecule has 2 aromatic rings. The van der Waals surface area contributed by atoms with E-state index in [2.05, 4.69) is 16.8 Å². The fourth-order valence-corrected chi connectivity index (χ4v) is 3.29. The highest BCUT2D eigenvalue weighted by Gasteiger charge is 2.16. The first-order chi connectivity index (χ1) is 13.4. The van der Waals surface area contributed by atoms with E-state index in [0.717, 1.165) is 12.8 Å². The van der Waals surface area contributed by atoms with Crippen molar-refractivity contribution in [3.63, 3.8) is 0 Å². The van der Waals surface area contributed by atoms with Crippen molar-refractivity contribution in [3.8, 4) is 5.75 Å². The SMILES string of the molecule is CCCCCCCCc1ccc(C(=O)Nc2cccc(OP(=O)(O)O)c2)cc1. The predicted octanol–water partition coefficient (Wildman–Crippen LogP) is 5.31. The molecule has 0 aliphatic rings. The maximum atomic E-state index is 12.4. The molecule has 0 fully saturated rings. The van der Waals surface area contributed by atoms with Gasteiger partial charge in [-0.3, -0.25) is 14.6 Å². The van der Waals surface area contributed by atoms with Crippen LogP contribution < -0.4 is 9.84 Å². The Kier molecular flexibility index (Phi) is 8.71. The largest absolute Gasteiger partial charge is 0.524 e. The number of carbonyl (C=O) groups excluding carboxylic acids is 1. The Balaban J connectivity index is 1.86. The molecule has 0 aliphatic carbocycles. The topological polar surface area (TPSA) is 95.9 Å². The van der Waals surface area contributed by atoms with E-state index in [0.29, 0.717) is 11.3 Å². The molecule has 0 aromatic heterocycles. The lowest BCUT2D eigenvalue weighted by atomic mass is 10.0. The molecule has 0 bridgehead atoms. The minimum atomic E-state index is -4.64. The fourth-order valence-electron chi connectivity index (χ4n) is 2.90. The summed E-state index contributed by atoms with van der Waals surface area (Å²) in [6, 6.07) is 13.5. The first-order valence-corrected chi connectivity index (χ1v) is 11.2. The predicted molar refractivity (Wildman–Crippen MR) is 111 cm³/mol. The fraction of sp³-hybridized carbons (Fsp3) is 0.381. The number of aryl methyl sites for hydroxylation is 1. The number of carbonyl (C=O) groups is 1. The first-order valence-electron chi connectivity index (χ1n) is 9.63. The van der Waals surface area contributed by atoms with Crippen molar-refractivity contribution in [2.45, 2.75) is 51.9 Å². The second-order valence-corrected chi connectivity index (χ2v) is 7.94.